The summed E-state index contributed by atoms with van der Waals surface area (Å²) in [6.45, 7) is 0. The largest absolute Gasteiger partial charge is 0.504 e. The lowest BCUT2D eigenvalue weighted by atomic mass is 9.78. The summed E-state index contributed by atoms with van der Waals surface area (Å²) in [5, 5.41) is 23.7. The van der Waals surface area contributed by atoms with Crippen molar-refractivity contribution in [1.82, 2.24) is 5.32 Å². The van der Waals surface area contributed by atoms with Crippen molar-refractivity contribution in [3.05, 3.63) is 46.5 Å². The van der Waals surface area contributed by atoms with Gasteiger partial charge in [0.25, 0.3) is 0 Å². The SMILES string of the molecule is COc1cc2c(cc1O)[C@H]1Cc3cc(O)c(OC)cc3[C@@H](C2)N1. The molecule has 0 radical (unpaired) electrons. The van der Waals surface area contributed by atoms with Gasteiger partial charge in [-0.1, -0.05) is 0 Å². The summed E-state index contributed by atoms with van der Waals surface area (Å²) in [7, 11) is 3.12. The van der Waals surface area contributed by atoms with Gasteiger partial charge in [0, 0.05) is 12.1 Å². The lowest BCUT2D eigenvalue weighted by Gasteiger charge is -2.39. The van der Waals surface area contributed by atoms with Crippen molar-refractivity contribution in [3.63, 3.8) is 0 Å². The molecular weight excluding hydrogens is 294 g/mol. The van der Waals surface area contributed by atoms with E-state index >= 15 is 0 Å². The molecule has 2 aliphatic rings. The van der Waals surface area contributed by atoms with Crippen LogP contribution in [0.4, 0.5) is 0 Å². The van der Waals surface area contributed by atoms with Crippen LogP contribution in [0.5, 0.6) is 23.0 Å². The predicted molar refractivity (Wildman–Crippen MR) is 85.3 cm³/mol. The fraction of sp³-hybridized carbons (Fsp3) is 0.333. The number of fused-ring (bicyclic) bond motifs is 6. The Labute approximate surface area is 134 Å². The molecular formula is C18H19NO4. The number of hydrogen-bond donors (Lipinski definition) is 3. The first-order valence-corrected chi connectivity index (χ1v) is 7.66. The van der Waals surface area contributed by atoms with Crippen LogP contribution < -0.4 is 14.8 Å². The van der Waals surface area contributed by atoms with Crippen LogP contribution in [0.3, 0.4) is 0 Å². The minimum atomic E-state index is 0.126. The normalized spacial score (nSPS) is 21.3. The topological polar surface area (TPSA) is 71.0 Å². The van der Waals surface area contributed by atoms with E-state index in [9.17, 15) is 10.2 Å². The highest BCUT2D eigenvalue weighted by atomic mass is 16.5. The Hall–Kier alpha value is -2.40. The van der Waals surface area contributed by atoms with E-state index in [4.69, 9.17) is 9.47 Å². The van der Waals surface area contributed by atoms with Crippen molar-refractivity contribution in [2.24, 2.45) is 0 Å². The molecule has 3 N–H and O–H groups in total. The lowest BCUT2D eigenvalue weighted by molar-refractivity contribution is 0.350. The maximum absolute atomic E-state index is 10.1. The molecule has 0 saturated carbocycles. The number of aromatic hydroxyl groups is 2. The number of hydrogen-bond acceptors (Lipinski definition) is 5. The second-order valence-electron chi connectivity index (χ2n) is 6.13. The van der Waals surface area contributed by atoms with E-state index < -0.39 is 0 Å². The molecule has 5 nitrogen and oxygen atoms in total. The quantitative estimate of drug-likeness (QED) is 0.795. The molecule has 5 heteroatoms. The third-order valence-electron chi connectivity index (χ3n) is 4.88. The zero-order valence-electron chi connectivity index (χ0n) is 13.1. The van der Waals surface area contributed by atoms with Crippen LogP contribution in [0.2, 0.25) is 0 Å². The van der Waals surface area contributed by atoms with E-state index in [1.165, 1.54) is 5.56 Å². The number of phenols is 2. The van der Waals surface area contributed by atoms with Gasteiger partial charge >= 0.3 is 0 Å². The van der Waals surface area contributed by atoms with Crippen LogP contribution >= 0.6 is 0 Å². The van der Waals surface area contributed by atoms with Gasteiger partial charge in [0.15, 0.2) is 23.0 Å². The molecule has 2 bridgehead atoms. The Morgan fingerprint density at radius 1 is 0.826 bits per heavy atom. The van der Waals surface area contributed by atoms with Crippen LogP contribution in [0.1, 0.15) is 34.3 Å². The van der Waals surface area contributed by atoms with Gasteiger partial charge in [-0.3, -0.25) is 0 Å². The van der Waals surface area contributed by atoms with E-state index in [1.807, 2.05) is 12.1 Å². The molecule has 0 unspecified atom stereocenters. The van der Waals surface area contributed by atoms with E-state index in [0.717, 1.165) is 29.5 Å². The van der Waals surface area contributed by atoms with Gasteiger partial charge in [-0.15, -0.1) is 0 Å². The Morgan fingerprint density at radius 2 is 1.35 bits per heavy atom. The minimum Gasteiger partial charge on any atom is -0.504 e. The number of nitrogens with one attached hydrogen (secondary N) is 1. The molecule has 4 rings (SSSR count). The van der Waals surface area contributed by atoms with Gasteiger partial charge in [-0.2, -0.15) is 0 Å². The molecule has 0 aliphatic carbocycles. The van der Waals surface area contributed by atoms with Crippen molar-refractivity contribution >= 4 is 0 Å². The first-order chi connectivity index (χ1) is 11.1. The van der Waals surface area contributed by atoms with Crippen LogP contribution in [-0.2, 0) is 12.8 Å². The standard InChI is InChI=1S/C18H19NO4/c1-22-17-6-10-4-14-12-8-18(23-2)15(20)5-9(12)3-13(19-14)11(10)7-16(17)21/h5-8,13-14,19-21H,3-4H2,1-2H3/t13-,14-/m1/s1. The third kappa shape index (κ3) is 2.11. The van der Waals surface area contributed by atoms with E-state index in [1.54, 1.807) is 26.4 Å². The molecule has 0 fully saturated rings. The van der Waals surface area contributed by atoms with Crippen molar-refractivity contribution in [3.8, 4) is 23.0 Å². The minimum absolute atomic E-state index is 0.126. The molecule has 0 amide bonds. The Balaban J connectivity index is 1.80. The Bertz CT molecular complexity index is 787. The zero-order chi connectivity index (χ0) is 16.1. The monoisotopic (exact) mass is 313 g/mol. The maximum Gasteiger partial charge on any atom is 0.160 e. The first kappa shape index (κ1) is 14.2. The number of methoxy groups -OCH3 is 2. The smallest absolute Gasteiger partial charge is 0.160 e. The van der Waals surface area contributed by atoms with Crippen molar-refractivity contribution in [2.45, 2.75) is 24.9 Å². The van der Waals surface area contributed by atoms with Crippen LogP contribution in [0.15, 0.2) is 24.3 Å². The van der Waals surface area contributed by atoms with E-state index in [0.29, 0.717) is 11.5 Å². The molecule has 0 aromatic heterocycles. The number of benzene rings is 2. The number of phenolic OH excluding ortho intramolecular Hbond substituents is 2. The molecule has 120 valence electrons. The Morgan fingerprint density at radius 3 is 2.00 bits per heavy atom. The summed E-state index contributed by atoms with van der Waals surface area (Å²) in [4.78, 5) is 0. The molecule has 2 aliphatic heterocycles. The molecule has 23 heavy (non-hydrogen) atoms. The summed E-state index contributed by atoms with van der Waals surface area (Å²) in [5.41, 5.74) is 4.57. The molecule has 0 spiro atoms. The molecule has 0 saturated heterocycles. The van der Waals surface area contributed by atoms with Crippen LogP contribution in [0.25, 0.3) is 0 Å². The predicted octanol–water partition coefficient (Wildman–Crippen LogP) is 2.60. The first-order valence-electron chi connectivity index (χ1n) is 7.66. The van der Waals surface area contributed by atoms with Crippen molar-refractivity contribution in [2.75, 3.05) is 14.2 Å². The molecule has 2 aromatic rings. The maximum atomic E-state index is 10.1. The second-order valence-corrected chi connectivity index (χ2v) is 6.13. The number of ether oxygens (including phenoxy) is 2. The average molecular weight is 313 g/mol. The highest BCUT2D eigenvalue weighted by Gasteiger charge is 2.34. The van der Waals surface area contributed by atoms with Gasteiger partial charge in [0.2, 0.25) is 0 Å². The van der Waals surface area contributed by atoms with Gasteiger partial charge in [0.1, 0.15) is 0 Å². The van der Waals surface area contributed by atoms with Gasteiger partial charge in [-0.05, 0) is 59.4 Å². The van der Waals surface area contributed by atoms with Gasteiger partial charge in [-0.25, -0.2) is 0 Å². The highest BCUT2D eigenvalue weighted by molar-refractivity contribution is 5.54. The average Bonchev–Trinajstić information content (AvgIpc) is 2.54. The summed E-state index contributed by atoms with van der Waals surface area (Å²) in [6, 6.07) is 7.72. The zero-order valence-corrected chi connectivity index (χ0v) is 13.1. The van der Waals surface area contributed by atoms with Crippen LogP contribution in [0, 0.1) is 0 Å². The number of rotatable bonds is 2. The van der Waals surface area contributed by atoms with E-state index in [2.05, 4.69) is 5.32 Å². The summed E-state index contributed by atoms with van der Waals surface area (Å²) in [6.07, 6.45) is 1.57. The lowest BCUT2D eigenvalue weighted by Crippen LogP contribution is -2.38. The van der Waals surface area contributed by atoms with Crippen LogP contribution in [-0.4, -0.2) is 24.4 Å². The second kappa shape index (κ2) is 5.06. The van der Waals surface area contributed by atoms with Crippen molar-refractivity contribution < 1.29 is 19.7 Å². The molecule has 2 aromatic carbocycles. The molecule has 2 atom stereocenters. The highest BCUT2D eigenvalue weighted by Crippen LogP contribution is 2.45. The summed E-state index contributed by atoms with van der Waals surface area (Å²) < 4.78 is 10.5. The summed E-state index contributed by atoms with van der Waals surface area (Å²) in [5.74, 6) is 1.34. The van der Waals surface area contributed by atoms with Gasteiger partial charge in [0.05, 0.1) is 14.2 Å². The van der Waals surface area contributed by atoms with Gasteiger partial charge < -0.3 is 25.0 Å². The molecule has 2 heterocycles. The van der Waals surface area contributed by atoms with Crippen molar-refractivity contribution in [1.29, 1.82) is 0 Å². The fourth-order valence-corrected chi connectivity index (χ4v) is 3.78. The van der Waals surface area contributed by atoms with E-state index in [-0.39, 0.29) is 23.6 Å². The third-order valence-corrected chi connectivity index (χ3v) is 4.88. The Kier molecular flexibility index (Phi) is 3.13. The summed E-state index contributed by atoms with van der Waals surface area (Å²) >= 11 is 0. The fourth-order valence-electron chi connectivity index (χ4n) is 3.78.